The number of carbonyl (C=O) groups is 2. The van der Waals surface area contributed by atoms with E-state index in [-0.39, 0.29) is 23.6 Å². The van der Waals surface area contributed by atoms with Crippen molar-refractivity contribution < 1.29 is 14.7 Å². The number of thioether (sulfide) groups is 1. The lowest BCUT2D eigenvalue weighted by Crippen LogP contribution is -2.44. The van der Waals surface area contributed by atoms with Gasteiger partial charge in [0.2, 0.25) is 5.91 Å². The second-order valence-electron chi connectivity index (χ2n) is 6.48. The van der Waals surface area contributed by atoms with Gasteiger partial charge in [0.1, 0.15) is 5.75 Å². The van der Waals surface area contributed by atoms with Crippen LogP contribution in [0.3, 0.4) is 0 Å². The van der Waals surface area contributed by atoms with Gasteiger partial charge in [-0.05, 0) is 37.8 Å². The van der Waals surface area contributed by atoms with Crippen LogP contribution < -0.4 is 5.32 Å². The average Bonchev–Trinajstić information content (AvgIpc) is 2.63. The van der Waals surface area contributed by atoms with Gasteiger partial charge >= 0.3 is 0 Å². The molecule has 6 heteroatoms. The third-order valence-corrected chi connectivity index (χ3v) is 5.83. The van der Waals surface area contributed by atoms with Crippen LogP contribution in [0, 0.1) is 5.92 Å². The zero-order valence-corrected chi connectivity index (χ0v) is 14.6. The van der Waals surface area contributed by atoms with Gasteiger partial charge in [-0.2, -0.15) is 11.8 Å². The Bertz CT molecular complexity index is 594. The van der Waals surface area contributed by atoms with E-state index in [2.05, 4.69) is 5.32 Å². The zero-order valence-electron chi connectivity index (χ0n) is 13.7. The van der Waals surface area contributed by atoms with Gasteiger partial charge in [0.25, 0.3) is 5.91 Å². The number of hydrogen-bond acceptors (Lipinski definition) is 4. The molecule has 0 bridgehead atoms. The summed E-state index contributed by atoms with van der Waals surface area (Å²) >= 11 is 1.91. The number of amides is 2. The number of nitrogens with one attached hydrogen (secondary N) is 1. The van der Waals surface area contributed by atoms with Gasteiger partial charge in [0.15, 0.2) is 0 Å². The molecule has 1 aromatic carbocycles. The first kappa shape index (κ1) is 17.1. The first-order valence-electron chi connectivity index (χ1n) is 8.60. The van der Waals surface area contributed by atoms with Gasteiger partial charge in [0.05, 0.1) is 5.56 Å². The molecule has 24 heavy (non-hydrogen) atoms. The van der Waals surface area contributed by atoms with Crippen molar-refractivity contribution in [2.75, 3.05) is 24.6 Å². The van der Waals surface area contributed by atoms with Crippen molar-refractivity contribution in [3.8, 4) is 5.75 Å². The largest absolute Gasteiger partial charge is 0.507 e. The lowest BCUT2D eigenvalue weighted by molar-refractivity contribution is -0.136. The molecule has 3 rings (SSSR count). The second-order valence-corrected chi connectivity index (χ2v) is 7.70. The van der Waals surface area contributed by atoms with Crippen molar-refractivity contribution in [3.05, 3.63) is 29.8 Å². The molecule has 0 unspecified atom stereocenters. The van der Waals surface area contributed by atoms with Crippen LogP contribution in [0.25, 0.3) is 0 Å². The standard InChI is InChI=1S/C18H24N2O3S/c21-16-4-2-1-3-15(16)17(22)19-14-7-5-13(6-8-14)18(23)20-9-11-24-12-10-20/h1-4,13-14,21H,5-12H2,(H,19,22). The third-order valence-electron chi connectivity index (χ3n) is 4.88. The van der Waals surface area contributed by atoms with Gasteiger partial charge in [-0.25, -0.2) is 0 Å². The smallest absolute Gasteiger partial charge is 0.255 e. The second kappa shape index (κ2) is 7.92. The van der Waals surface area contributed by atoms with E-state index in [4.69, 9.17) is 0 Å². The van der Waals surface area contributed by atoms with Crippen LogP contribution in [0.4, 0.5) is 0 Å². The van der Waals surface area contributed by atoms with E-state index in [1.165, 1.54) is 6.07 Å². The van der Waals surface area contributed by atoms with Gasteiger partial charge in [-0.1, -0.05) is 12.1 Å². The highest BCUT2D eigenvalue weighted by Crippen LogP contribution is 2.27. The summed E-state index contributed by atoms with van der Waals surface area (Å²) in [5.74, 6) is 2.24. The Labute approximate surface area is 146 Å². The molecule has 1 saturated carbocycles. The van der Waals surface area contributed by atoms with Crippen LogP contribution in [0.5, 0.6) is 5.75 Å². The first-order chi connectivity index (χ1) is 11.6. The predicted molar refractivity (Wildman–Crippen MR) is 95.2 cm³/mol. The van der Waals surface area contributed by atoms with E-state index in [0.29, 0.717) is 11.5 Å². The molecule has 2 fully saturated rings. The molecule has 0 radical (unpaired) electrons. The highest BCUT2D eigenvalue weighted by atomic mass is 32.2. The molecule has 1 saturated heterocycles. The van der Waals surface area contributed by atoms with E-state index in [9.17, 15) is 14.7 Å². The minimum absolute atomic E-state index is 0.00170. The van der Waals surface area contributed by atoms with E-state index in [1.807, 2.05) is 16.7 Å². The average molecular weight is 348 g/mol. The van der Waals surface area contributed by atoms with Gasteiger partial charge in [0, 0.05) is 36.6 Å². The maximum Gasteiger partial charge on any atom is 0.255 e. The molecule has 5 nitrogen and oxygen atoms in total. The summed E-state index contributed by atoms with van der Waals surface area (Å²) in [5.41, 5.74) is 0.307. The maximum absolute atomic E-state index is 12.5. The van der Waals surface area contributed by atoms with E-state index < -0.39 is 0 Å². The summed E-state index contributed by atoms with van der Waals surface area (Å²) in [7, 11) is 0. The number of carbonyl (C=O) groups excluding carboxylic acids is 2. The molecule has 1 aliphatic heterocycles. The molecule has 2 aliphatic rings. The summed E-state index contributed by atoms with van der Waals surface area (Å²) in [6.07, 6.45) is 3.29. The number of nitrogens with zero attached hydrogens (tertiary/aromatic N) is 1. The topological polar surface area (TPSA) is 69.6 Å². The maximum atomic E-state index is 12.5. The first-order valence-corrected chi connectivity index (χ1v) is 9.76. The van der Waals surface area contributed by atoms with Crippen LogP contribution in [0.2, 0.25) is 0 Å². The summed E-state index contributed by atoms with van der Waals surface area (Å²) < 4.78 is 0. The van der Waals surface area contributed by atoms with Crippen LogP contribution in [0.15, 0.2) is 24.3 Å². The van der Waals surface area contributed by atoms with Crippen molar-refractivity contribution in [1.82, 2.24) is 10.2 Å². The highest BCUT2D eigenvalue weighted by molar-refractivity contribution is 7.99. The Morgan fingerprint density at radius 2 is 1.75 bits per heavy atom. The fraction of sp³-hybridized carbons (Fsp3) is 0.556. The minimum atomic E-state index is -0.240. The molecular formula is C18H24N2O3S. The lowest BCUT2D eigenvalue weighted by atomic mass is 9.85. The highest BCUT2D eigenvalue weighted by Gasteiger charge is 2.30. The van der Waals surface area contributed by atoms with Crippen molar-refractivity contribution in [3.63, 3.8) is 0 Å². The molecule has 130 valence electrons. The van der Waals surface area contributed by atoms with E-state index in [0.717, 1.165) is 50.3 Å². The Kier molecular flexibility index (Phi) is 5.66. The Morgan fingerprint density at radius 1 is 1.08 bits per heavy atom. The number of phenolic OH excluding ortho intramolecular Hbond substituents is 1. The molecule has 1 aromatic rings. The number of para-hydroxylation sites is 1. The van der Waals surface area contributed by atoms with Gasteiger partial charge in [-0.3, -0.25) is 9.59 Å². The van der Waals surface area contributed by atoms with Gasteiger partial charge < -0.3 is 15.3 Å². The fourth-order valence-corrected chi connectivity index (χ4v) is 4.36. The quantitative estimate of drug-likeness (QED) is 0.879. The predicted octanol–water partition coefficient (Wildman–Crippen LogP) is 2.26. The van der Waals surface area contributed by atoms with E-state index >= 15 is 0 Å². The number of rotatable bonds is 3. The van der Waals surface area contributed by atoms with Crippen molar-refractivity contribution >= 4 is 23.6 Å². The molecule has 2 N–H and O–H groups in total. The summed E-state index contributed by atoms with van der Waals surface area (Å²) in [6, 6.07) is 6.65. The molecule has 1 heterocycles. The molecule has 0 aromatic heterocycles. The van der Waals surface area contributed by atoms with Crippen molar-refractivity contribution in [2.45, 2.75) is 31.7 Å². The molecule has 1 aliphatic carbocycles. The van der Waals surface area contributed by atoms with Crippen LogP contribution in [-0.4, -0.2) is 52.5 Å². The van der Waals surface area contributed by atoms with E-state index in [1.54, 1.807) is 18.2 Å². The molecule has 2 amide bonds. The van der Waals surface area contributed by atoms with Crippen LogP contribution in [0.1, 0.15) is 36.0 Å². The lowest BCUT2D eigenvalue weighted by Gasteiger charge is -2.34. The number of phenols is 1. The molecule has 0 atom stereocenters. The number of benzene rings is 1. The SMILES string of the molecule is O=C(NC1CCC(C(=O)N2CCSCC2)CC1)c1ccccc1O. The summed E-state index contributed by atoms with van der Waals surface area (Å²) in [4.78, 5) is 26.8. The van der Waals surface area contributed by atoms with Crippen molar-refractivity contribution in [1.29, 1.82) is 0 Å². The Morgan fingerprint density at radius 3 is 2.42 bits per heavy atom. The fourth-order valence-electron chi connectivity index (χ4n) is 3.46. The Balaban J connectivity index is 1.49. The summed E-state index contributed by atoms with van der Waals surface area (Å²) in [6.45, 7) is 1.74. The number of hydrogen-bond donors (Lipinski definition) is 2. The third kappa shape index (κ3) is 4.04. The monoisotopic (exact) mass is 348 g/mol. The van der Waals surface area contributed by atoms with Crippen LogP contribution in [-0.2, 0) is 4.79 Å². The normalized spacial score (nSPS) is 24.4. The van der Waals surface area contributed by atoms with Crippen molar-refractivity contribution in [2.24, 2.45) is 5.92 Å². The summed E-state index contributed by atoms with van der Waals surface area (Å²) in [5, 5.41) is 12.7. The Hall–Kier alpha value is -1.69. The number of aromatic hydroxyl groups is 1. The molecular weight excluding hydrogens is 324 g/mol. The van der Waals surface area contributed by atoms with Gasteiger partial charge in [-0.15, -0.1) is 0 Å². The zero-order chi connectivity index (χ0) is 16.9. The molecule has 0 spiro atoms. The minimum Gasteiger partial charge on any atom is -0.507 e. The van der Waals surface area contributed by atoms with Crippen LogP contribution >= 0.6 is 11.8 Å².